The molecule has 0 unspecified atom stereocenters. The number of hydrogen-bond acceptors (Lipinski definition) is 2. The molecule has 0 aliphatic rings. The Kier molecular flexibility index (Phi) is 3.40. The molecule has 20 heavy (non-hydrogen) atoms. The third kappa shape index (κ3) is 1.98. The molecule has 0 radical (unpaired) electrons. The fourth-order valence-corrected chi connectivity index (χ4v) is 3.00. The quantitative estimate of drug-likeness (QED) is 0.723. The highest BCUT2D eigenvalue weighted by Gasteiger charge is 2.18. The molecular formula is C17H16BrNO. The lowest BCUT2D eigenvalue weighted by Crippen LogP contribution is -1.96. The van der Waals surface area contributed by atoms with Crippen molar-refractivity contribution in [3.8, 4) is 11.1 Å². The normalized spacial score (nSPS) is 11.2. The Labute approximate surface area is 126 Å². The van der Waals surface area contributed by atoms with Crippen molar-refractivity contribution in [2.45, 2.75) is 20.4 Å². The van der Waals surface area contributed by atoms with E-state index in [0.717, 1.165) is 32.3 Å². The molecule has 2 nitrogen and oxygen atoms in total. The van der Waals surface area contributed by atoms with Crippen LogP contribution in [0.25, 0.3) is 22.1 Å². The molecule has 102 valence electrons. The van der Waals surface area contributed by atoms with E-state index in [1.807, 2.05) is 18.2 Å². The van der Waals surface area contributed by atoms with Crippen LogP contribution in [0.2, 0.25) is 0 Å². The second kappa shape index (κ2) is 5.08. The molecule has 0 atom stereocenters. The number of hydrogen-bond donors (Lipinski definition) is 1. The topological polar surface area (TPSA) is 39.2 Å². The smallest absolute Gasteiger partial charge is 0.135 e. The van der Waals surface area contributed by atoms with Gasteiger partial charge in [0.1, 0.15) is 11.3 Å². The molecule has 0 bridgehead atoms. The van der Waals surface area contributed by atoms with E-state index < -0.39 is 0 Å². The van der Waals surface area contributed by atoms with Gasteiger partial charge in [-0.2, -0.15) is 0 Å². The lowest BCUT2D eigenvalue weighted by Gasteiger charge is -2.07. The van der Waals surface area contributed by atoms with Crippen LogP contribution in [0.15, 0.2) is 45.3 Å². The molecule has 3 aromatic rings. The van der Waals surface area contributed by atoms with Crippen LogP contribution >= 0.6 is 15.9 Å². The first kappa shape index (κ1) is 13.4. The molecule has 3 rings (SSSR count). The van der Waals surface area contributed by atoms with Crippen LogP contribution in [0, 0.1) is 13.8 Å². The Morgan fingerprint density at radius 2 is 1.85 bits per heavy atom. The molecule has 0 spiro atoms. The van der Waals surface area contributed by atoms with E-state index in [9.17, 15) is 0 Å². The minimum atomic E-state index is 0.398. The molecule has 1 aromatic heterocycles. The SMILES string of the molecule is Cc1cc2oc(CN)c(-c3ccccc3)c2c(C)c1Br. The van der Waals surface area contributed by atoms with E-state index in [4.69, 9.17) is 10.2 Å². The van der Waals surface area contributed by atoms with E-state index in [0.29, 0.717) is 6.54 Å². The van der Waals surface area contributed by atoms with Gasteiger partial charge in [0, 0.05) is 15.4 Å². The van der Waals surface area contributed by atoms with Gasteiger partial charge in [-0.25, -0.2) is 0 Å². The minimum Gasteiger partial charge on any atom is -0.459 e. The summed E-state index contributed by atoms with van der Waals surface area (Å²) in [5, 5.41) is 1.15. The van der Waals surface area contributed by atoms with Crippen LogP contribution in [0.3, 0.4) is 0 Å². The zero-order valence-corrected chi connectivity index (χ0v) is 13.1. The van der Waals surface area contributed by atoms with Crippen molar-refractivity contribution in [2.24, 2.45) is 5.73 Å². The lowest BCUT2D eigenvalue weighted by atomic mass is 9.98. The Hall–Kier alpha value is -1.58. The molecule has 3 heteroatoms. The minimum absolute atomic E-state index is 0.398. The maximum Gasteiger partial charge on any atom is 0.135 e. The van der Waals surface area contributed by atoms with Crippen molar-refractivity contribution in [3.05, 3.63) is 57.8 Å². The van der Waals surface area contributed by atoms with E-state index in [2.05, 4.69) is 48.0 Å². The van der Waals surface area contributed by atoms with Gasteiger partial charge in [-0.15, -0.1) is 0 Å². The second-order valence-electron chi connectivity index (χ2n) is 4.98. The number of nitrogens with two attached hydrogens (primary N) is 1. The molecule has 0 aliphatic heterocycles. The lowest BCUT2D eigenvalue weighted by molar-refractivity contribution is 0.554. The maximum atomic E-state index is 5.97. The number of halogens is 1. The van der Waals surface area contributed by atoms with E-state index >= 15 is 0 Å². The fraction of sp³-hybridized carbons (Fsp3) is 0.176. The summed E-state index contributed by atoms with van der Waals surface area (Å²) in [5.41, 5.74) is 11.4. The molecule has 0 saturated heterocycles. The second-order valence-corrected chi connectivity index (χ2v) is 5.77. The van der Waals surface area contributed by atoms with Crippen molar-refractivity contribution >= 4 is 26.9 Å². The molecule has 0 aliphatic carbocycles. The monoisotopic (exact) mass is 329 g/mol. The van der Waals surface area contributed by atoms with Gasteiger partial charge in [0.15, 0.2) is 0 Å². The number of furan rings is 1. The highest BCUT2D eigenvalue weighted by molar-refractivity contribution is 9.10. The Bertz CT molecular complexity index is 775. The zero-order valence-electron chi connectivity index (χ0n) is 11.5. The Balaban J connectivity index is 2.43. The van der Waals surface area contributed by atoms with Gasteiger partial charge in [0.2, 0.25) is 0 Å². The van der Waals surface area contributed by atoms with Gasteiger partial charge in [-0.1, -0.05) is 46.3 Å². The third-order valence-corrected chi connectivity index (χ3v) is 4.87. The highest BCUT2D eigenvalue weighted by Crippen LogP contribution is 2.40. The van der Waals surface area contributed by atoms with Crippen LogP contribution in [0.4, 0.5) is 0 Å². The number of rotatable bonds is 2. The number of fused-ring (bicyclic) bond motifs is 1. The highest BCUT2D eigenvalue weighted by atomic mass is 79.9. The zero-order chi connectivity index (χ0) is 14.3. The molecule has 0 fully saturated rings. The summed E-state index contributed by atoms with van der Waals surface area (Å²) in [6.07, 6.45) is 0. The molecule has 0 saturated carbocycles. The van der Waals surface area contributed by atoms with Crippen LogP contribution in [0.1, 0.15) is 16.9 Å². The molecule has 2 aromatic carbocycles. The average molecular weight is 330 g/mol. The van der Waals surface area contributed by atoms with Gasteiger partial charge in [0.25, 0.3) is 0 Å². The van der Waals surface area contributed by atoms with Gasteiger partial charge < -0.3 is 10.2 Å². The van der Waals surface area contributed by atoms with Crippen molar-refractivity contribution in [2.75, 3.05) is 0 Å². The summed E-state index contributed by atoms with van der Waals surface area (Å²) < 4.78 is 7.10. The predicted octanol–water partition coefficient (Wildman–Crippen LogP) is 4.94. The van der Waals surface area contributed by atoms with Gasteiger partial charge in [-0.05, 0) is 36.6 Å². The summed E-state index contributed by atoms with van der Waals surface area (Å²) >= 11 is 3.67. The van der Waals surface area contributed by atoms with Crippen molar-refractivity contribution in [1.82, 2.24) is 0 Å². The number of benzene rings is 2. The summed E-state index contributed by atoms with van der Waals surface area (Å²) in [6, 6.07) is 12.3. The van der Waals surface area contributed by atoms with E-state index in [-0.39, 0.29) is 0 Å². The molecule has 1 heterocycles. The number of aryl methyl sites for hydroxylation is 2. The van der Waals surface area contributed by atoms with Gasteiger partial charge >= 0.3 is 0 Å². The molecule has 2 N–H and O–H groups in total. The molecular weight excluding hydrogens is 314 g/mol. The van der Waals surface area contributed by atoms with E-state index in [1.54, 1.807) is 0 Å². The van der Waals surface area contributed by atoms with E-state index in [1.165, 1.54) is 11.1 Å². The maximum absolute atomic E-state index is 5.97. The predicted molar refractivity (Wildman–Crippen MR) is 86.7 cm³/mol. The summed E-state index contributed by atoms with van der Waals surface area (Å²) in [7, 11) is 0. The largest absolute Gasteiger partial charge is 0.459 e. The van der Waals surface area contributed by atoms with Crippen molar-refractivity contribution in [1.29, 1.82) is 0 Å². The van der Waals surface area contributed by atoms with Crippen molar-refractivity contribution < 1.29 is 4.42 Å². The van der Waals surface area contributed by atoms with Gasteiger partial charge in [0.05, 0.1) is 6.54 Å². The molecule has 0 amide bonds. The fourth-order valence-electron chi connectivity index (χ4n) is 2.69. The van der Waals surface area contributed by atoms with Crippen LogP contribution < -0.4 is 5.73 Å². The standard InChI is InChI=1S/C17H16BrNO/c1-10-8-13-15(11(2)17(10)18)16(14(9-19)20-13)12-6-4-3-5-7-12/h3-8H,9,19H2,1-2H3. The third-order valence-electron chi connectivity index (χ3n) is 3.65. The van der Waals surface area contributed by atoms with Gasteiger partial charge in [-0.3, -0.25) is 0 Å². The Morgan fingerprint density at radius 1 is 1.15 bits per heavy atom. The summed E-state index contributed by atoms with van der Waals surface area (Å²) in [6.45, 7) is 4.58. The van der Waals surface area contributed by atoms with Crippen LogP contribution in [-0.4, -0.2) is 0 Å². The Morgan fingerprint density at radius 3 is 2.50 bits per heavy atom. The average Bonchev–Trinajstić information content (AvgIpc) is 2.84. The first-order valence-electron chi connectivity index (χ1n) is 6.60. The summed E-state index contributed by atoms with van der Waals surface area (Å²) in [4.78, 5) is 0. The first-order chi connectivity index (χ1) is 9.63. The van der Waals surface area contributed by atoms with Crippen molar-refractivity contribution in [3.63, 3.8) is 0 Å². The van der Waals surface area contributed by atoms with Crippen LogP contribution in [-0.2, 0) is 6.54 Å². The summed E-state index contributed by atoms with van der Waals surface area (Å²) in [5.74, 6) is 0.840. The van der Waals surface area contributed by atoms with Crippen LogP contribution in [0.5, 0.6) is 0 Å². The first-order valence-corrected chi connectivity index (χ1v) is 7.39.